The normalized spacial score (nSPS) is 11.2. The maximum Gasteiger partial charge on any atom is 0.266 e. The molecule has 0 bridgehead atoms. The van der Waals surface area contributed by atoms with E-state index in [2.05, 4.69) is 15.0 Å². The van der Waals surface area contributed by atoms with Gasteiger partial charge in [0.1, 0.15) is 15.7 Å². The maximum atomic E-state index is 12.9. The number of thiophene rings is 1. The zero-order valence-electron chi connectivity index (χ0n) is 14.1. The van der Waals surface area contributed by atoms with Crippen LogP contribution < -0.4 is 0 Å². The van der Waals surface area contributed by atoms with Gasteiger partial charge in [-0.25, -0.2) is 9.97 Å². The van der Waals surface area contributed by atoms with E-state index in [4.69, 9.17) is 11.6 Å². The summed E-state index contributed by atoms with van der Waals surface area (Å²) in [4.78, 5) is 28.5. The highest BCUT2D eigenvalue weighted by Gasteiger charge is 2.21. The van der Waals surface area contributed by atoms with Crippen molar-refractivity contribution in [1.82, 2.24) is 19.9 Å². The third-order valence-electron chi connectivity index (χ3n) is 3.95. The fourth-order valence-corrected chi connectivity index (χ4v) is 4.84. The van der Waals surface area contributed by atoms with E-state index in [9.17, 15) is 4.79 Å². The summed E-state index contributed by atoms with van der Waals surface area (Å²) in [6.45, 7) is 2.27. The van der Waals surface area contributed by atoms with E-state index in [1.54, 1.807) is 11.9 Å². The van der Waals surface area contributed by atoms with Gasteiger partial charge in [0.25, 0.3) is 5.91 Å². The molecule has 0 saturated carbocycles. The zero-order chi connectivity index (χ0) is 18.3. The van der Waals surface area contributed by atoms with Gasteiger partial charge in [-0.15, -0.1) is 22.7 Å². The van der Waals surface area contributed by atoms with Crippen molar-refractivity contribution < 1.29 is 4.79 Å². The minimum atomic E-state index is -0.0608. The average molecular weight is 403 g/mol. The number of aryl methyl sites for hydroxylation is 1. The summed E-state index contributed by atoms with van der Waals surface area (Å²) in [5, 5.41) is 0.819. The molecule has 0 aliphatic heterocycles. The van der Waals surface area contributed by atoms with Crippen LogP contribution in [-0.4, -0.2) is 32.8 Å². The standard InChI is InChI=1S/C18H15ClN4OS2/c1-10-16(26-17(20-10)13-7-8-14(19)25-13)18(24)23(2)9-15-21-11-5-3-4-6-12(11)22-15/h3-8H,9H2,1-2H3,(H,21,22). The van der Waals surface area contributed by atoms with Gasteiger partial charge in [-0.05, 0) is 31.2 Å². The van der Waals surface area contributed by atoms with Gasteiger partial charge in [-0.3, -0.25) is 4.79 Å². The molecular formula is C18H15ClN4OS2. The third kappa shape index (κ3) is 3.25. The number of imidazole rings is 1. The molecular weight excluding hydrogens is 388 g/mol. The molecule has 1 aromatic carbocycles. The van der Waals surface area contributed by atoms with Crippen molar-refractivity contribution >= 4 is 51.2 Å². The van der Waals surface area contributed by atoms with E-state index in [1.807, 2.05) is 43.3 Å². The van der Waals surface area contributed by atoms with Crippen molar-refractivity contribution in [3.8, 4) is 9.88 Å². The SMILES string of the molecule is Cc1nc(-c2ccc(Cl)s2)sc1C(=O)N(C)Cc1nc2ccccc2[nH]1. The molecule has 0 fully saturated rings. The second-order valence-electron chi connectivity index (χ2n) is 5.90. The number of nitrogens with zero attached hydrogens (tertiary/aromatic N) is 3. The van der Waals surface area contributed by atoms with Crippen molar-refractivity contribution in [3.63, 3.8) is 0 Å². The predicted molar refractivity (Wildman–Crippen MR) is 107 cm³/mol. The summed E-state index contributed by atoms with van der Waals surface area (Å²) in [6, 6.07) is 11.6. The number of benzene rings is 1. The number of para-hydroxylation sites is 2. The number of nitrogens with one attached hydrogen (secondary N) is 1. The molecule has 0 atom stereocenters. The van der Waals surface area contributed by atoms with Crippen LogP contribution in [0.3, 0.4) is 0 Å². The molecule has 26 heavy (non-hydrogen) atoms. The molecule has 0 aliphatic rings. The number of carbonyl (C=O) groups is 1. The number of amides is 1. The summed E-state index contributed by atoms with van der Waals surface area (Å²) in [7, 11) is 1.77. The van der Waals surface area contributed by atoms with E-state index in [0.717, 1.165) is 32.4 Å². The molecule has 0 spiro atoms. The summed E-state index contributed by atoms with van der Waals surface area (Å²) < 4.78 is 0.711. The number of hydrogen-bond donors (Lipinski definition) is 1. The zero-order valence-corrected chi connectivity index (χ0v) is 16.5. The maximum absolute atomic E-state index is 12.9. The van der Waals surface area contributed by atoms with E-state index in [1.165, 1.54) is 22.7 Å². The number of aromatic amines is 1. The van der Waals surface area contributed by atoms with Gasteiger partial charge in [0.2, 0.25) is 0 Å². The molecule has 0 radical (unpaired) electrons. The molecule has 4 rings (SSSR count). The molecule has 8 heteroatoms. The first kappa shape index (κ1) is 17.2. The molecule has 0 aliphatic carbocycles. The Morgan fingerprint density at radius 2 is 2.00 bits per heavy atom. The first-order chi connectivity index (χ1) is 12.5. The Bertz CT molecular complexity index is 1060. The van der Waals surface area contributed by atoms with Crippen LogP contribution >= 0.6 is 34.3 Å². The van der Waals surface area contributed by atoms with Crippen molar-refractivity contribution in [2.24, 2.45) is 0 Å². The first-order valence-corrected chi connectivity index (χ1v) is 9.94. The topological polar surface area (TPSA) is 61.9 Å². The van der Waals surface area contributed by atoms with Crippen LogP contribution in [-0.2, 0) is 6.54 Å². The van der Waals surface area contributed by atoms with Crippen LogP contribution in [0.2, 0.25) is 4.34 Å². The molecule has 5 nitrogen and oxygen atoms in total. The van der Waals surface area contributed by atoms with Gasteiger partial charge in [0, 0.05) is 7.05 Å². The quantitative estimate of drug-likeness (QED) is 0.523. The van der Waals surface area contributed by atoms with Gasteiger partial charge in [-0.1, -0.05) is 23.7 Å². The number of aromatic nitrogens is 3. The third-order valence-corrected chi connectivity index (χ3v) is 6.49. The van der Waals surface area contributed by atoms with Crippen molar-refractivity contribution in [2.75, 3.05) is 7.05 Å². The smallest absolute Gasteiger partial charge is 0.266 e. The highest BCUT2D eigenvalue weighted by molar-refractivity contribution is 7.24. The van der Waals surface area contributed by atoms with Gasteiger partial charge < -0.3 is 9.88 Å². The number of carbonyl (C=O) groups excluding carboxylic acids is 1. The lowest BCUT2D eigenvalue weighted by molar-refractivity contribution is 0.0786. The molecule has 4 aromatic rings. The Labute approximate surface area is 163 Å². The van der Waals surface area contributed by atoms with E-state index >= 15 is 0 Å². The second kappa shape index (κ2) is 6.83. The van der Waals surface area contributed by atoms with Crippen LogP contribution in [0, 0.1) is 6.92 Å². The lowest BCUT2D eigenvalue weighted by Crippen LogP contribution is -2.26. The fraction of sp³-hybridized carbons (Fsp3) is 0.167. The molecule has 0 unspecified atom stereocenters. The van der Waals surface area contributed by atoms with Crippen molar-refractivity contribution in [1.29, 1.82) is 0 Å². The minimum absolute atomic E-state index is 0.0608. The molecule has 0 saturated heterocycles. The summed E-state index contributed by atoms with van der Waals surface area (Å²) in [5.74, 6) is 0.698. The molecule has 1 N–H and O–H groups in total. The monoisotopic (exact) mass is 402 g/mol. The Kier molecular flexibility index (Phi) is 4.52. The fourth-order valence-electron chi connectivity index (χ4n) is 2.68. The number of thiazole rings is 1. The van der Waals surface area contributed by atoms with Crippen molar-refractivity contribution in [3.05, 3.63) is 57.1 Å². The Hall–Kier alpha value is -2.22. The van der Waals surface area contributed by atoms with Gasteiger partial charge in [0.15, 0.2) is 0 Å². The number of rotatable bonds is 4. The largest absolute Gasteiger partial charge is 0.340 e. The van der Waals surface area contributed by atoms with E-state index in [-0.39, 0.29) is 5.91 Å². The van der Waals surface area contributed by atoms with Crippen molar-refractivity contribution in [2.45, 2.75) is 13.5 Å². The second-order valence-corrected chi connectivity index (χ2v) is 8.61. The lowest BCUT2D eigenvalue weighted by Gasteiger charge is -2.14. The predicted octanol–water partition coefficient (Wildman–Crippen LogP) is 4.98. The minimum Gasteiger partial charge on any atom is -0.340 e. The average Bonchev–Trinajstić information content (AvgIpc) is 3.31. The van der Waals surface area contributed by atoms with Crippen LogP contribution in [0.15, 0.2) is 36.4 Å². The van der Waals surface area contributed by atoms with E-state index in [0.29, 0.717) is 15.8 Å². The summed E-state index contributed by atoms with van der Waals surface area (Å²) in [5.41, 5.74) is 2.60. The van der Waals surface area contributed by atoms with Gasteiger partial charge >= 0.3 is 0 Å². The Morgan fingerprint density at radius 1 is 1.19 bits per heavy atom. The van der Waals surface area contributed by atoms with E-state index < -0.39 is 0 Å². The molecule has 3 aromatic heterocycles. The molecule has 3 heterocycles. The highest BCUT2D eigenvalue weighted by atomic mass is 35.5. The first-order valence-electron chi connectivity index (χ1n) is 7.93. The van der Waals surface area contributed by atoms with Crippen LogP contribution in [0.1, 0.15) is 21.2 Å². The Balaban J connectivity index is 1.55. The van der Waals surface area contributed by atoms with Gasteiger partial charge in [-0.2, -0.15) is 0 Å². The van der Waals surface area contributed by atoms with Gasteiger partial charge in [0.05, 0.1) is 32.5 Å². The number of H-pyrrole nitrogens is 1. The van der Waals surface area contributed by atoms with Crippen LogP contribution in [0.5, 0.6) is 0 Å². The summed E-state index contributed by atoms with van der Waals surface area (Å²) in [6.07, 6.45) is 0. The number of hydrogen-bond acceptors (Lipinski definition) is 5. The Morgan fingerprint density at radius 3 is 2.73 bits per heavy atom. The van der Waals surface area contributed by atoms with Crippen LogP contribution in [0.25, 0.3) is 20.9 Å². The van der Waals surface area contributed by atoms with Crippen LogP contribution in [0.4, 0.5) is 0 Å². The highest BCUT2D eigenvalue weighted by Crippen LogP contribution is 2.35. The summed E-state index contributed by atoms with van der Waals surface area (Å²) >= 11 is 8.86. The lowest BCUT2D eigenvalue weighted by atomic mass is 10.3. The molecule has 132 valence electrons. The molecule has 1 amide bonds. The number of halogens is 1. The number of fused-ring (bicyclic) bond motifs is 1.